The van der Waals surface area contributed by atoms with E-state index in [1.54, 1.807) is 0 Å². The standard InChI is InChI=1S/C85H166O17P2/c1-7-9-11-13-15-17-19-21-23-25-30-33-37-43-49-55-61-67-82(87)95-73-80(101-84(89)70-64-58-52-45-39-35-31-27-26-28-32-36-41-47-53-59-65-77(3)4)75-99-103(91,92)97-71-79(86)72-98-104(93,94)100-76-81(74-96-83(88)68-62-56-50-46-40-42-48-54-60-66-78(5)6)102-85(90)69-63-57-51-44-38-34-29-24-22-20-18-16-14-12-10-8-2/h77-81,86H,7-76H2,1-6H3,(H,91,92)(H,93,94)/t79-,80-,81-/m1/s1. The number of unbranched alkanes of at least 4 members (excludes halogenated alkanes) is 54. The minimum Gasteiger partial charge on any atom is -0.462 e. The van der Waals surface area contributed by atoms with Crippen LogP contribution in [-0.4, -0.2) is 96.7 Å². The number of carbonyl (C=O) groups is 4. The maximum atomic E-state index is 13.1. The summed E-state index contributed by atoms with van der Waals surface area (Å²) in [5.41, 5.74) is 0. The molecule has 2 unspecified atom stereocenters. The van der Waals surface area contributed by atoms with Gasteiger partial charge >= 0.3 is 39.5 Å². The maximum absolute atomic E-state index is 13.1. The number of aliphatic hydroxyl groups is 1. The fourth-order valence-corrected chi connectivity index (χ4v) is 14.8. The van der Waals surface area contributed by atoms with Crippen LogP contribution in [-0.2, 0) is 65.4 Å². The molecule has 0 heterocycles. The molecule has 0 aromatic heterocycles. The van der Waals surface area contributed by atoms with Crippen molar-refractivity contribution in [3.63, 3.8) is 0 Å². The lowest BCUT2D eigenvalue weighted by molar-refractivity contribution is -0.161. The zero-order valence-corrected chi connectivity index (χ0v) is 70.1. The largest absolute Gasteiger partial charge is 0.472 e. The van der Waals surface area contributed by atoms with Crippen LogP contribution in [0.5, 0.6) is 0 Å². The van der Waals surface area contributed by atoms with E-state index in [9.17, 15) is 43.2 Å². The first-order chi connectivity index (χ1) is 50.4. The molecule has 17 nitrogen and oxygen atoms in total. The number of hydrogen-bond acceptors (Lipinski definition) is 15. The van der Waals surface area contributed by atoms with Crippen LogP contribution in [0.15, 0.2) is 0 Å². The highest BCUT2D eigenvalue weighted by molar-refractivity contribution is 7.47. The van der Waals surface area contributed by atoms with Gasteiger partial charge < -0.3 is 33.8 Å². The molecule has 0 spiro atoms. The van der Waals surface area contributed by atoms with Crippen LogP contribution in [0.25, 0.3) is 0 Å². The van der Waals surface area contributed by atoms with Gasteiger partial charge in [0.25, 0.3) is 0 Å². The normalized spacial score (nSPS) is 13.8. The number of ether oxygens (including phenoxy) is 4. The van der Waals surface area contributed by atoms with Crippen LogP contribution >= 0.6 is 15.6 Å². The lowest BCUT2D eigenvalue weighted by Gasteiger charge is -2.21. The molecular weight excluding hydrogens is 1350 g/mol. The monoisotopic (exact) mass is 1520 g/mol. The Bertz CT molecular complexity index is 1990. The van der Waals surface area contributed by atoms with Gasteiger partial charge in [0, 0.05) is 25.7 Å². The zero-order chi connectivity index (χ0) is 76.4. The van der Waals surface area contributed by atoms with Crippen molar-refractivity contribution in [2.45, 2.75) is 471 Å². The summed E-state index contributed by atoms with van der Waals surface area (Å²) in [7, 11) is -9.93. The highest BCUT2D eigenvalue weighted by Crippen LogP contribution is 2.45. The van der Waals surface area contributed by atoms with E-state index in [4.69, 9.17) is 37.0 Å². The van der Waals surface area contributed by atoms with E-state index in [0.717, 1.165) is 102 Å². The molecule has 0 aliphatic rings. The molecule has 0 saturated carbocycles. The fraction of sp³-hybridized carbons (Fsp3) is 0.953. The molecule has 0 fully saturated rings. The molecular formula is C85H166O17P2. The number of carbonyl (C=O) groups excluding carboxylic acids is 4. The van der Waals surface area contributed by atoms with Gasteiger partial charge in [-0.2, -0.15) is 0 Å². The summed E-state index contributed by atoms with van der Waals surface area (Å²) in [5.74, 6) is -0.548. The third-order valence-electron chi connectivity index (χ3n) is 20.0. The first kappa shape index (κ1) is 102. The van der Waals surface area contributed by atoms with Gasteiger partial charge in [-0.05, 0) is 37.5 Å². The van der Waals surface area contributed by atoms with Gasteiger partial charge in [-0.3, -0.25) is 37.3 Å². The highest BCUT2D eigenvalue weighted by Gasteiger charge is 2.30. The smallest absolute Gasteiger partial charge is 0.462 e. The van der Waals surface area contributed by atoms with Crippen molar-refractivity contribution >= 4 is 39.5 Å². The second-order valence-corrected chi connectivity index (χ2v) is 34.4. The molecule has 0 aromatic carbocycles. The molecule has 0 aliphatic carbocycles. The molecule has 0 bridgehead atoms. The predicted octanol–water partition coefficient (Wildman–Crippen LogP) is 25.8. The van der Waals surface area contributed by atoms with Gasteiger partial charge in [0.1, 0.15) is 19.3 Å². The Balaban J connectivity index is 5.26. The molecule has 0 amide bonds. The van der Waals surface area contributed by atoms with Crippen molar-refractivity contribution in [2.24, 2.45) is 11.8 Å². The van der Waals surface area contributed by atoms with E-state index in [0.29, 0.717) is 25.7 Å². The van der Waals surface area contributed by atoms with E-state index in [1.165, 1.54) is 270 Å². The maximum Gasteiger partial charge on any atom is 0.472 e. The number of rotatable bonds is 84. The van der Waals surface area contributed by atoms with Crippen LogP contribution in [0, 0.1) is 11.8 Å². The molecule has 104 heavy (non-hydrogen) atoms. The molecule has 3 N–H and O–H groups in total. The van der Waals surface area contributed by atoms with Crippen molar-refractivity contribution in [3.05, 3.63) is 0 Å². The van der Waals surface area contributed by atoms with Crippen molar-refractivity contribution in [1.29, 1.82) is 0 Å². The van der Waals surface area contributed by atoms with Crippen molar-refractivity contribution in [3.8, 4) is 0 Å². The SMILES string of the molecule is CCCCCCCCCCCCCCCCCCCC(=O)OC[C@H](COP(=O)(O)OC[C@@H](O)COP(=O)(O)OC[C@@H](COC(=O)CCCCCCCCCCCC(C)C)OC(=O)CCCCCCCCCCCCCCCCCC)OC(=O)CCCCCCCCCCCCCCCCCCC(C)C. The Morgan fingerprint density at radius 3 is 0.654 bits per heavy atom. The second kappa shape index (κ2) is 76.4. The fourth-order valence-electron chi connectivity index (χ4n) is 13.2. The third kappa shape index (κ3) is 78.2. The molecule has 5 atom stereocenters. The lowest BCUT2D eigenvalue weighted by Crippen LogP contribution is -2.30. The van der Waals surface area contributed by atoms with Crippen molar-refractivity contribution in [1.82, 2.24) is 0 Å². The average molecular weight is 1520 g/mol. The van der Waals surface area contributed by atoms with Crippen LogP contribution in [0.3, 0.4) is 0 Å². The summed E-state index contributed by atoms with van der Waals surface area (Å²) < 4.78 is 68.9. The third-order valence-corrected chi connectivity index (χ3v) is 21.9. The Morgan fingerprint density at radius 1 is 0.260 bits per heavy atom. The molecule has 0 radical (unpaired) electrons. The Hall–Kier alpha value is -1.94. The number of phosphoric acid groups is 2. The minimum atomic E-state index is -4.97. The topological polar surface area (TPSA) is 237 Å². The second-order valence-electron chi connectivity index (χ2n) is 31.5. The first-order valence-electron chi connectivity index (χ1n) is 44.0. The lowest BCUT2D eigenvalue weighted by atomic mass is 10.0. The van der Waals surface area contributed by atoms with E-state index in [1.807, 2.05) is 0 Å². The molecule has 0 aromatic rings. The van der Waals surface area contributed by atoms with Gasteiger partial charge in [-0.25, -0.2) is 9.13 Å². The Kier molecular flexibility index (Phi) is 75.0. The predicted molar refractivity (Wildman–Crippen MR) is 428 cm³/mol. The van der Waals surface area contributed by atoms with Gasteiger partial charge in [-0.1, -0.05) is 401 Å². The summed E-state index contributed by atoms with van der Waals surface area (Å²) in [4.78, 5) is 73.2. The van der Waals surface area contributed by atoms with Crippen LogP contribution in [0.4, 0.5) is 0 Å². The molecule has 19 heteroatoms. The van der Waals surface area contributed by atoms with E-state index >= 15 is 0 Å². The molecule has 0 aliphatic heterocycles. The first-order valence-corrected chi connectivity index (χ1v) is 47.0. The number of hydrogen-bond donors (Lipinski definition) is 3. The number of aliphatic hydroxyl groups excluding tert-OH is 1. The Labute approximate surface area is 638 Å². The van der Waals surface area contributed by atoms with Gasteiger partial charge in [0.05, 0.1) is 26.4 Å². The number of esters is 4. The molecule has 618 valence electrons. The molecule has 0 saturated heterocycles. The van der Waals surface area contributed by atoms with Crippen molar-refractivity contribution in [2.75, 3.05) is 39.6 Å². The summed E-state index contributed by atoms with van der Waals surface area (Å²) in [5, 5.41) is 10.7. The quantitative estimate of drug-likeness (QED) is 0.0222. The van der Waals surface area contributed by atoms with E-state index in [-0.39, 0.29) is 25.7 Å². The van der Waals surface area contributed by atoms with E-state index < -0.39 is 97.5 Å². The highest BCUT2D eigenvalue weighted by atomic mass is 31.2. The van der Waals surface area contributed by atoms with Crippen molar-refractivity contribution < 1.29 is 80.2 Å². The average Bonchev–Trinajstić information content (AvgIpc) is 0.907. The van der Waals surface area contributed by atoms with Gasteiger partial charge in [0.15, 0.2) is 12.2 Å². The van der Waals surface area contributed by atoms with Gasteiger partial charge in [-0.15, -0.1) is 0 Å². The summed E-state index contributed by atoms with van der Waals surface area (Å²) >= 11 is 0. The Morgan fingerprint density at radius 2 is 0.442 bits per heavy atom. The van der Waals surface area contributed by atoms with Gasteiger partial charge in [0.2, 0.25) is 0 Å². The van der Waals surface area contributed by atoms with Crippen LogP contribution in [0.2, 0.25) is 0 Å². The minimum absolute atomic E-state index is 0.108. The van der Waals surface area contributed by atoms with E-state index in [2.05, 4.69) is 41.5 Å². The summed E-state index contributed by atoms with van der Waals surface area (Å²) in [6, 6.07) is 0. The summed E-state index contributed by atoms with van der Waals surface area (Å²) in [6.07, 6.45) is 67.9. The summed E-state index contributed by atoms with van der Waals surface area (Å²) in [6.45, 7) is 9.68. The zero-order valence-electron chi connectivity index (χ0n) is 68.3. The number of phosphoric ester groups is 2. The van der Waals surface area contributed by atoms with Crippen LogP contribution in [0.1, 0.15) is 452 Å². The molecule has 0 rings (SSSR count). The van der Waals surface area contributed by atoms with Crippen LogP contribution < -0.4 is 0 Å².